The second-order valence-corrected chi connectivity index (χ2v) is 7.47. The number of rotatable bonds is 8. The summed E-state index contributed by atoms with van der Waals surface area (Å²) in [7, 11) is 0. The molecule has 9 heteroatoms. The Morgan fingerprint density at radius 2 is 1.87 bits per heavy atom. The molecule has 1 amide bonds. The van der Waals surface area contributed by atoms with Crippen LogP contribution in [0.3, 0.4) is 0 Å². The summed E-state index contributed by atoms with van der Waals surface area (Å²) in [6.45, 7) is 5.49. The molecule has 1 aromatic heterocycles. The van der Waals surface area contributed by atoms with Gasteiger partial charge in [0.2, 0.25) is 5.91 Å². The van der Waals surface area contributed by atoms with Crippen LogP contribution in [0, 0.1) is 12.8 Å². The molecule has 0 aliphatic carbocycles. The van der Waals surface area contributed by atoms with E-state index in [2.05, 4.69) is 10.3 Å². The van der Waals surface area contributed by atoms with Crippen molar-refractivity contribution in [3.05, 3.63) is 51.4 Å². The topological polar surface area (TPSA) is 84.2 Å². The zero-order valence-electron chi connectivity index (χ0n) is 17.2. The van der Waals surface area contributed by atoms with Gasteiger partial charge in [-0.3, -0.25) is 14.2 Å². The van der Waals surface area contributed by atoms with Crippen molar-refractivity contribution in [2.75, 3.05) is 13.2 Å². The van der Waals surface area contributed by atoms with Crippen LogP contribution in [0.25, 0.3) is 11.4 Å². The number of carbonyl (C=O) groups excluding carboxylic acids is 1. The zero-order chi connectivity index (χ0) is 22.5. The molecular formula is C21H26F3N3O3. The summed E-state index contributed by atoms with van der Waals surface area (Å²) in [6, 6.07) is 4.27. The lowest BCUT2D eigenvalue weighted by atomic mass is 10.1. The Hall–Kier alpha value is -2.68. The molecule has 30 heavy (non-hydrogen) atoms. The first-order valence-electron chi connectivity index (χ1n) is 9.70. The average Bonchev–Trinajstić information content (AvgIpc) is 2.66. The largest absolute Gasteiger partial charge is 0.416 e. The molecule has 1 heterocycles. The number of alkyl halides is 3. The Morgan fingerprint density at radius 3 is 2.40 bits per heavy atom. The molecule has 0 saturated heterocycles. The maximum Gasteiger partial charge on any atom is 0.416 e. The number of benzene rings is 1. The third-order valence-corrected chi connectivity index (χ3v) is 4.65. The molecule has 0 atom stereocenters. The maximum atomic E-state index is 13.0. The van der Waals surface area contributed by atoms with Gasteiger partial charge in [0.25, 0.3) is 5.56 Å². The fourth-order valence-corrected chi connectivity index (χ4v) is 2.98. The van der Waals surface area contributed by atoms with E-state index in [9.17, 15) is 27.9 Å². The van der Waals surface area contributed by atoms with Gasteiger partial charge < -0.3 is 10.4 Å². The van der Waals surface area contributed by atoms with Crippen LogP contribution in [-0.4, -0.2) is 33.7 Å². The van der Waals surface area contributed by atoms with E-state index in [0.717, 1.165) is 23.1 Å². The van der Waals surface area contributed by atoms with E-state index in [0.29, 0.717) is 18.2 Å². The SMILES string of the molecule is Cc1nc(-c2ccc(C(F)(F)F)cc2)n(CC(=O)NCCC(C)C)c(=O)c1CCO. The number of halogens is 3. The number of nitrogens with zero attached hydrogens (tertiary/aromatic N) is 2. The van der Waals surface area contributed by atoms with Gasteiger partial charge in [0.15, 0.2) is 0 Å². The van der Waals surface area contributed by atoms with E-state index in [1.165, 1.54) is 12.1 Å². The molecule has 0 radical (unpaired) electrons. The number of aliphatic hydroxyl groups excluding tert-OH is 1. The van der Waals surface area contributed by atoms with Crippen molar-refractivity contribution in [2.45, 2.75) is 46.3 Å². The van der Waals surface area contributed by atoms with Crippen molar-refractivity contribution in [1.29, 1.82) is 0 Å². The lowest BCUT2D eigenvalue weighted by molar-refractivity contribution is -0.137. The molecule has 0 aliphatic rings. The van der Waals surface area contributed by atoms with Crippen LogP contribution in [-0.2, 0) is 23.9 Å². The van der Waals surface area contributed by atoms with Crippen LogP contribution in [0.4, 0.5) is 13.2 Å². The van der Waals surface area contributed by atoms with Gasteiger partial charge in [0, 0.05) is 36.4 Å². The summed E-state index contributed by atoms with van der Waals surface area (Å²) < 4.78 is 39.7. The lowest BCUT2D eigenvalue weighted by Gasteiger charge is -2.16. The number of aromatic nitrogens is 2. The van der Waals surface area contributed by atoms with Crippen LogP contribution in [0.15, 0.2) is 29.1 Å². The van der Waals surface area contributed by atoms with Gasteiger partial charge in [0.05, 0.1) is 5.56 Å². The van der Waals surface area contributed by atoms with Crippen LogP contribution >= 0.6 is 0 Å². The highest BCUT2D eigenvalue weighted by atomic mass is 19.4. The van der Waals surface area contributed by atoms with Gasteiger partial charge in [-0.05, 0) is 31.4 Å². The Balaban J connectivity index is 2.46. The van der Waals surface area contributed by atoms with Crippen LogP contribution in [0.1, 0.15) is 37.1 Å². The van der Waals surface area contributed by atoms with Crippen LogP contribution in [0.5, 0.6) is 0 Å². The Morgan fingerprint density at radius 1 is 1.23 bits per heavy atom. The van der Waals surface area contributed by atoms with E-state index < -0.39 is 23.2 Å². The quantitative estimate of drug-likeness (QED) is 0.681. The highest BCUT2D eigenvalue weighted by Gasteiger charge is 2.30. The Kier molecular flexibility index (Phi) is 7.77. The number of nitrogens with one attached hydrogen (secondary N) is 1. The Bertz CT molecular complexity index is 935. The summed E-state index contributed by atoms with van der Waals surface area (Å²) in [5.41, 5.74) is -0.400. The molecule has 0 spiro atoms. The number of aryl methyl sites for hydroxylation is 1. The van der Waals surface area contributed by atoms with Crippen LogP contribution < -0.4 is 10.9 Å². The first-order chi connectivity index (χ1) is 14.0. The molecule has 2 aromatic rings. The Labute approximate surface area is 172 Å². The van der Waals surface area contributed by atoms with Crippen molar-refractivity contribution in [2.24, 2.45) is 5.92 Å². The van der Waals surface area contributed by atoms with Gasteiger partial charge in [0.1, 0.15) is 12.4 Å². The van der Waals surface area contributed by atoms with Crippen LogP contribution in [0.2, 0.25) is 0 Å². The van der Waals surface area contributed by atoms with E-state index >= 15 is 0 Å². The van der Waals surface area contributed by atoms with Gasteiger partial charge in [-0.15, -0.1) is 0 Å². The number of hydrogen-bond donors (Lipinski definition) is 2. The van der Waals surface area contributed by atoms with E-state index in [1.54, 1.807) is 6.92 Å². The third kappa shape index (κ3) is 5.91. The van der Waals surface area contributed by atoms with Crippen molar-refractivity contribution >= 4 is 5.91 Å². The molecule has 0 bridgehead atoms. The van der Waals surface area contributed by atoms with Crippen molar-refractivity contribution in [3.8, 4) is 11.4 Å². The molecule has 2 N–H and O–H groups in total. The standard InChI is InChI=1S/C21H26F3N3O3/c1-13(2)8-10-25-18(29)12-27-19(26-14(3)17(9-11-28)20(27)30)15-4-6-16(7-5-15)21(22,23)24/h4-7,13,28H,8-12H2,1-3H3,(H,25,29). The smallest absolute Gasteiger partial charge is 0.396 e. The predicted molar refractivity (Wildman–Crippen MR) is 107 cm³/mol. The molecule has 1 aromatic carbocycles. The first kappa shape index (κ1) is 23.6. The van der Waals surface area contributed by atoms with Crippen molar-refractivity contribution < 1.29 is 23.1 Å². The summed E-state index contributed by atoms with van der Waals surface area (Å²) in [6.07, 6.45) is -3.64. The third-order valence-electron chi connectivity index (χ3n) is 4.65. The van der Waals surface area contributed by atoms with Crippen molar-refractivity contribution in [1.82, 2.24) is 14.9 Å². The number of hydrogen-bond acceptors (Lipinski definition) is 4. The van der Waals surface area contributed by atoms with Gasteiger partial charge >= 0.3 is 6.18 Å². The molecular weight excluding hydrogens is 399 g/mol. The fraction of sp³-hybridized carbons (Fsp3) is 0.476. The molecule has 0 unspecified atom stereocenters. The zero-order valence-corrected chi connectivity index (χ0v) is 17.2. The highest BCUT2D eigenvalue weighted by Crippen LogP contribution is 2.30. The van der Waals surface area contributed by atoms with E-state index in [1.807, 2.05) is 13.8 Å². The molecule has 0 aliphatic heterocycles. The predicted octanol–water partition coefficient (Wildman–Crippen LogP) is 2.93. The van der Waals surface area contributed by atoms with E-state index in [4.69, 9.17) is 0 Å². The van der Waals surface area contributed by atoms with Gasteiger partial charge in [-0.2, -0.15) is 13.2 Å². The summed E-state index contributed by atoms with van der Waals surface area (Å²) >= 11 is 0. The summed E-state index contributed by atoms with van der Waals surface area (Å²) in [5, 5.41) is 12.0. The number of aliphatic hydroxyl groups is 1. The molecule has 164 valence electrons. The van der Waals surface area contributed by atoms with Crippen molar-refractivity contribution in [3.63, 3.8) is 0 Å². The minimum atomic E-state index is -4.48. The normalized spacial score (nSPS) is 11.7. The minimum Gasteiger partial charge on any atom is -0.396 e. The second kappa shape index (κ2) is 9.88. The molecule has 0 fully saturated rings. The fourth-order valence-electron chi connectivity index (χ4n) is 2.98. The van der Waals surface area contributed by atoms with Gasteiger partial charge in [-0.1, -0.05) is 26.0 Å². The average molecular weight is 425 g/mol. The first-order valence-corrected chi connectivity index (χ1v) is 9.70. The molecule has 6 nitrogen and oxygen atoms in total. The minimum absolute atomic E-state index is 0.0694. The van der Waals surface area contributed by atoms with Gasteiger partial charge in [-0.25, -0.2) is 4.98 Å². The highest BCUT2D eigenvalue weighted by molar-refractivity contribution is 5.76. The maximum absolute atomic E-state index is 13.0. The molecule has 2 rings (SSSR count). The number of amides is 1. The monoisotopic (exact) mass is 425 g/mol. The summed E-state index contributed by atoms with van der Waals surface area (Å²) in [4.78, 5) is 29.7. The molecule has 0 saturated carbocycles. The van der Waals surface area contributed by atoms with E-state index in [-0.39, 0.29) is 36.5 Å². The number of carbonyl (C=O) groups is 1. The lowest BCUT2D eigenvalue weighted by Crippen LogP contribution is -2.36. The summed E-state index contributed by atoms with van der Waals surface area (Å²) in [5.74, 6) is 0.103. The second-order valence-electron chi connectivity index (χ2n) is 7.47.